The van der Waals surface area contributed by atoms with Gasteiger partial charge in [0.1, 0.15) is 11.6 Å². The molecule has 7 nitrogen and oxygen atoms in total. The molecule has 2 rings (SSSR count). The van der Waals surface area contributed by atoms with Gasteiger partial charge < -0.3 is 19.1 Å². The minimum absolute atomic E-state index is 0.0802. The van der Waals surface area contributed by atoms with Crippen LogP contribution in [0.1, 0.15) is 11.6 Å². The Morgan fingerprint density at radius 2 is 2.44 bits per heavy atom. The van der Waals surface area contributed by atoms with Crippen LogP contribution in [0, 0.1) is 6.92 Å². The van der Waals surface area contributed by atoms with E-state index in [0.29, 0.717) is 18.2 Å². The topological polar surface area (TPSA) is 84.2 Å². The lowest BCUT2D eigenvalue weighted by Gasteiger charge is -2.15. The number of rotatable bonds is 5. The third-order valence-electron chi connectivity index (χ3n) is 2.32. The molecule has 1 N–H and O–H groups in total. The molecule has 0 aliphatic rings. The molecule has 0 saturated heterocycles. The first-order valence-electron chi connectivity index (χ1n) is 5.43. The molecule has 2 aromatic heterocycles. The van der Waals surface area contributed by atoms with Gasteiger partial charge in [0.2, 0.25) is 0 Å². The summed E-state index contributed by atoms with van der Waals surface area (Å²) in [4.78, 5) is 20.2. The van der Waals surface area contributed by atoms with Crippen molar-refractivity contribution in [3.63, 3.8) is 0 Å². The molecular formula is C11H14N4O3. The molecule has 0 bridgehead atoms. The van der Waals surface area contributed by atoms with Crippen LogP contribution in [0.4, 0.5) is 0 Å². The van der Waals surface area contributed by atoms with Crippen molar-refractivity contribution in [3.05, 3.63) is 30.0 Å². The maximum atomic E-state index is 11.8. The molecule has 0 unspecified atom stereocenters. The van der Waals surface area contributed by atoms with E-state index in [2.05, 4.69) is 15.1 Å². The maximum Gasteiger partial charge on any atom is 0.260 e. The van der Waals surface area contributed by atoms with Crippen LogP contribution < -0.4 is 4.74 Å². The van der Waals surface area contributed by atoms with Gasteiger partial charge in [0.05, 0.1) is 6.54 Å². The van der Waals surface area contributed by atoms with Crippen LogP contribution in [0.25, 0.3) is 0 Å². The number of hydrogen-bond acceptors (Lipinski definition) is 5. The normalized spacial score (nSPS) is 10.3. The van der Waals surface area contributed by atoms with E-state index in [-0.39, 0.29) is 12.5 Å². The first kappa shape index (κ1) is 12.2. The van der Waals surface area contributed by atoms with Gasteiger partial charge in [-0.05, 0) is 12.1 Å². The summed E-state index contributed by atoms with van der Waals surface area (Å²) in [5.74, 6) is 1.52. The predicted octanol–water partition coefficient (Wildman–Crippen LogP) is 0.744. The number of H-pyrrole nitrogens is 1. The SMILES string of the molecule is Cc1cc(OCC(=O)N(C)Cc2ncc[nH]2)no1. The average molecular weight is 250 g/mol. The summed E-state index contributed by atoms with van der Waals surface area (Å²) in [5, 5.41) is 3.64. The second-order valence-corrected chi connectivity index (χ2v) is 3.85. The number of amides is 1. The van der Waals surface area contributed by atoms with Gasteiger partial charge in [-0.25, -0.2) is 4.98 Å². The molecule has 0 aromatic carbocycles. The zero-order valence-corrected chi connectivity index (χ0v) is 10.2. The van der Waals surface area contributed by atoms with Gasteiger partial charge in [0.15, 0.2) is 6.61 Å². The first-order chi connectivity index (χ1) is 8.65. The number of aromatic amines is 1. The summed E-state index contributed by atoms with van der Waals surface area (Å²) in [5.41, 5.74) is 0. The van der Waals surface area contributed by atoms with E-state index >= 15 is 0 Å². The van der Waals surface area contributed by atoms with Gasteiger partial charge in [-0.15, -0.1) is 0 Å². The van der Waals surface area contributed by atoms with Crippen LogP contribution in [0.3, 0.4) is 0 Å². The second kappa shape index (κ2) is 5.35. The molecule has 0 fully saturated rings. The third-order valence-corrected chi connectivity index (χ3v) is 2.32. The second-order valence-electron chi connectivity index (χ2n) is 3.85. The van der Waals surface area contributed by atoms with Crippen LogP contribution >= 0.6 is 0 Å². The van der Waals surface area contributed by atoms with Crippen molar-refractivity contribution in [1.29, 1.82) is 0 Å². The van der Waals surface area contributed by atoms with Crippen molar-refractivity contribution in [3.8, 4) is 5.88 Å². The summed E-state index contributed by atoms with van der Waals surface area (Å²) in [6.07, 6.45) is 3.35. The highest BCUT2D eigenvalue weighted by Crippen LogP contribution is 2.09. The molecule has 2 heterocycles. The predicted molar refractivity (Wildman–Crippen MR) is 61.8 cm³/mol. The number of aryl methyl sites for hydroxylation is 1. The summed E-state index contributed by atoms with van der Waals surface area (Å²) in [6, 6.07) is 1.62. The zero-order valence-electron chi connectivity index (χ0n) is 10.2. The van der Waals surface area contributed by atoms with Crippen LogP contribution in [0.5, 0.6) is 5.88 Å². The van der Waals surface area contributed by atoms with Gasteiger partial charge in [0.25, 0.3) is 11.8 Å². The molecular weight excluding hydrogens is 236 g/mol. The lowest BCUT2D eigenvalue weighted by Crippen LogP contribution is -2.31. The van der Waals surface area contributed by atoms with Crippen molar-refractivity contribution >= 4 is 5.91 Å². The van der Waals surface area contributed by atoms with Crippen molar-refractivity contribution < 1.29 is 14.1 Å². The number of aromatic nitrogens is 3. The molecule has 0 aliphatic heterocycles. The summed E-state index contributed by atoms with van der Waals surface area (Å²) in [6.45, 7) is 2.08. The number of nitrogens with one attached hydrogen (secondary N) is 1. The number of nitrogens with zero attached hydrogens (tertiary/aromatic N) is 3. The summed E-state index contributed by atoms with van der Waals surface area (Å²) in [7, 11) is 1.68. The number of hydrogen-bond donors (Lipinski definition) is 1. The Kier molecular flexibility index (Phi) is 3.61. The first-order valence-corrected chi connectivity index (χ1v) is 5.43. The Morgan fingerprint density at radius 3 is 3.06 bits per heavy atom. The van der Waals surface area contributed by atoms with Crippen molar-refractivity contribution in [2.24, 2.45) is 0 Å². The van der Waals surface area contributed by atoms with E-state index < -0.39 is 0 Å². The van der Waals surface area contributed by atoms with E-state index in [4.69, 9.17) is 9.26 Å². The minimum atomic E-state index is -0.160. The fraction of sp³-hybridized carbons (Fsp3) is 0.364. The Hall–Kier alpha value is -2.31. The largest absolute Gasteiger partial charge is 0.465 e. The fourth-order valence-corrected chi connectivity index (χ4v) is 1.35. The molecule has 0 atom stereocenters. The number of carbonyl (C=O) groups excluding carboxylic acids is 1. The number of likely N-dealkylation sites (N-methyl/N-ethyl adjacent to an activating group) is 1. The molecule has 7 heteroatoms. The van der Waals surface area contributed by atoms with Crippen LogP contribution in [0.15, 0.2) is 23.0 Å². The average Bonchev–Trinajstić information content (AvgIpc) is 2.97. The van der Waals surface area contributed by atoms with Gasteiger partial charge in [-0.3, -0.25) is 4.79 Å². The van der Waals surface area contributed by atoms with Gasteiger partial charge in [-0.1, -0.05) is 0 Å². The third kappa shape index (κ3) is 3.09. The number of carbonyl (C=O) groups is 1. The van der Waals surface area contributed by atoms with E-state index in [0.717, 1.165) is 5.82 Å². The molecule has 0 saturated carbocycles. The van der Waals surface area contributed by atoms with Crippen LogP contribution in [-0.2, 0) is 11.3 Å². The molecule has 0 radical (unpaired) electrons. The smallest absolute Gasteiger partial charge is 0.260 e. The van der Waals surface area contributed by atoms with E-state index in [9.17, 15) is 4.79 Å². The van der Waals surface area contributed by atoms with Gasteiger partial charge in [-0.2, -0.15) is 0 Å². The highest BCUT2D eigenvalue weighted by atomic mass is 16.5. The monoisotopic (exact) mass is 250 g/mol. The Labute approximate surface area is 104 Å². The van der Waals surface area contributed by atoms with E-state index in [1.54, 1.807) is 32.4 Å². The highest BCUT2D eigenvalue weighted by molar-refractivity contribution is 5.77. The fourth-order valence-electron chi connectivity index (χ4n) is 1.35. The van der Waals surface area contributed by atoms with Gasteiger partial charge >= 0.3 is 0 Å². The van der Waals surface area contributed by atoms with E-state index in [1.807, 2.05) is 0 Å². The van der Waals surface area contributed by atoms with E-state index in [1.165, 1.54) is 4.90 Å². The molecule has 96 valence electrons. The molecule has 0 aliphatic carbocycles. The summed E-state index contributed by atoms with van der Waals surface area (Å²) < 4.78 is 10.0. The lowest BCUT2D eigenvalue weighted by atomic mass is 10.5. The van der Waals surface area contributed by atoms with Gasteiger partial charge in [0, 0.05) is 25.5 Å². The Balaban J connectivity index is 1.80. The van der Waals surface area contributed by atoms with Crippen molar-refractivity contribution in [2.75, 3.05) is 13.7 Å². The highest BCUT2D eigenvalue weighted by Gasteiger charge is 2.12. The Bertz CT molecular complexity index is 506. The standard InChI is InChI=1S/C11H14N4O3/c1-8-5-10(14-18-8)17-7-11(16)15(2)6-9-12-3-4-13-9/h3-5H,6-7H2,1-2H3,(H,12,13). The number of imidazole rings is 1. The van der Waals surface area contributed by atoms with Crippen LogP contribution in [0.2, 0.25) is 0 Å². The molecule has 1 amide bonds. The van der Waals surface area contributed by atoms with Crippen LogP contribution in [-0.4, -0.2) is 39.6 Å². The quantitative estimate of drug-likeness (QED) is 0.846. The van der Waals surface area contributed by atoms with Crippen molar-refractivity contribution in [2.45, 2.75) is 13.5 Å². The number of ether oxygens (including phenoxy) is 1. The summed E-state index contributed by atoms with van der Waals surface area (Å²) >= 11 is 0. The maximum absolute atomic E-state index is 11.8. The zero-order chi connectivity index (χ0) is 13.0. The molecule has 2 aromatic rings. The Morgan fingerprint density at radius 1 is 1.61 bits per heavy atom. The minimum Gasteiger partial charge on any atom is -0.465 e. The molecule has 0 spiro atoms. The lowest BCUT2D eigenvalue weighted by molar-refractivity contribution is -0.132. The molecule has 18 heavy (non-hydrogen) atoms. The van der Waals surface area contributed by atoms with Crippen molar-refractivity contribution in [1.82, 2.24) is 20.0 Å².